The SMILES string of the molecule is Cc1ccc(NC(=O)[C@@H](NC(=O)c2ccccc2Cl)C(C)C)cc1C. The summed E-state index contributed by atoms with van der Waals surface area (Å²) in [5.74, 6) is -0.684. The lowest BCUT2D eigenvalue weighted by Gasteiger charge is -2.22. The van der Waals surface area contributed by atoms with Gasteiger partial charge in [0.1, 0.15) is 6.04 Å². The van der Waals surface area contributed by atoms with E-state index in [9.17, 15) is 9.59 Å². The number of aryl methyl sites for hydroxylation is 2. The van der Waals surface area contributed by atoms with Gasteiger partial charge in [-0.25, -0.2) is 0 Å². The van der Waals surface area contributed by atoms with Crippen LogP contribution in [-0.4, -0.2) is 17.9 Å². The average Bonchev–Trinajstić information content (AvgIpc) is 2.55. The smallest absolute Gasteiger partial charge is 0.253 e. The highest BCUT2D eigenvalue weighted by atomic mass is 35.5. The Balaban J connectivity index is 2.14. The van der Waals surface area contributed by atoms with Gasteiger partial charge >= 0.3 is 0 Å². The first-order valence-electron chi connectivity index (χ1n) is 8.23. The molecule has 0 aliphatic carbocycles. The number of rotatable bonds is 5. The molecule has 0 unspecified atom stereocenters. The van der Waals surface area contributed by atoms with Gasteiger partial charge in [0.05, 0.1) is 10.6 Å². The van der Waals surface area contributed by atoms with Gasteiger partial charge in [-0.15, -0.1) is 0 Å². The molecule has 0 aliphatic rings. The van der Waals surface area contributed by atoms with E-state index in [0.29, 0.717) is 16.3 Å². The van der Waals surface area contributed by atoms with Gasteiger partial charge in [-0.3, -0.25) is 9.59 Å². The van der Waals surface area contributed by atoms with Gasteiger partial charge in [0.25, 0.3) is 5.91 Å². The van der Waals surface area contributed by atoms with Crippen LogP contribution in [0.15, 0.2) is 42.5 Å². The predicted octanol–water partition coefficient (Wildman–Crippen LogP) is 4.35. The highest BCUT2D eigenvalue weighted by Gasteiger charge is 2.25. The summed E-state index contributed by atoms with van der Waals surface area (Å²) in [5, 5.41) is 6.02. The third kappa shape index (κ3) is 4.83. The maximum Gasteiger partial charge on any atom is 0.253 e. The van der Waals surface area contributed by atoms with Crippen LogP contribution in [0.5, 0.6) is 0 Å². The fraction of sp³-hybridized carbons (Fsp3) is 0.300. The number of anilines is 1. The summed E-state index contributed by atoms with van der Waals surface area (Å²) in [6, 6.07) is 11.8. The van der Waals surface area contributed by atoms with E-state index >= 15 is 0 Å². The van der Waals surface area contributed by atoms with E-state index in [4.69, 9.17) is 11.6 Å². The summed E-state index contributed by atoms with van der Waals surface area (Å²) < 4.78 is 0. The number of halogens is 1. The molecule has 0 heterocycles. The lowest BCUT2D eigenvalue weighted by Crippen LogP contribution is -2.47. The van der Waals surface area contributed by atoms with Gasteiger partial charge in [0.2, 0.25) is 5.91 Å². The van der Waals surface area contributed by atoms with Crippen LogP contribution in [0.4, 0.5) is 5.69 Å². The van der Waals surface area contributed by atoms with Crippen LogP contribution in [0, 0.1) is 19.8 Å². The number of amides is 2. The quantitative estimate of drug-likeness (QED) is 0.834. The molecule has 0 aliphatic heterocycles. The second-order valence-corrected chi connectivity index (χ2v) is 6.87. The minimum Gasteiger partial charge on any atom is -0.340 e. The van der Waals surface area contributed by atoms with Gasteiger partial charge in [-0.1, -0.05) is 43.6 Å². The molecule has 1 atom stereocenters. The van der Waals surface area contributed by atoms with E-state index in [1.165, 1.54) is 0 Å². The number of benzene rings is 2. The fourth-order valence-corrected chi connectivity index (χ4v) is 2.66. The molecular weight excluding hydrogens is 336 g/mol. The van der Waals surface area contributed by atoms with Crippen molar-refractivity contribution in [2.75, 3.05) is 5.32 Å². The van der Waals surface area contributed by atoms with E-state index in [1.54, 1.807) is 24.3 Å². The molecule has 25 heavy (non-hydrogen) atoms. The largest absolute Gasteiger partial charge is 0.340 e. The molecule has 0 radical (unpaired) electrons. The van der Waals surface area contributed by atoms with E-state index < -0.39 is 6.04 Å². The summed E-state index contributed by atoms with van der Waals surface area (Å²) >= 11 is 6.06. The summed E-state index contributed by atoms with van der Waals surface area (Å²) in [5.41, 5.74) is 3.32. The summed E-state index contributed by atoms with van der Waals surface area (Å²) in [6.45, 7) is 7.78. The molecule has 0 saturated heterocycles. The Morgan fingerprint density at radius 2 is 1.68 bits per heavy atom. The van der Waals surface area contributed by atoms with Crippen molar-refractivity contribution in [3.63, 3.8) is 0 Å². The van der Waals surface area contributed by atoms with E-state index in [1.807, 2.05) is 45.9 Å². The first-order valence-corrected chi connectivity index (χ1v) is 8.61. The summed E-state index contributed by atoms with van der Waals surface area (Å²) in [4.78, 5) is 25.1. The zero-order valence-corrected chi connectivity index (χ0v) is 15.6. The number of carbonyl (C=O) groups is 2. The summed E-state index contributed by atoms with van der Waals surface area (Å²) in [6.07, 6.45) is 0. The monoisotopic (exact) mass is 358 g/mol. The minimum atomic E-state index is -0.662. The second kappa shape index (κ2) is 8.17. The number of hydrogen-bond acceptors (Lipinski definition) is 2. The lowest BCUT2D eigenvalue weighted by molar-refractivity contribution is -0.118. The molecule has 132 valence electrons. The molecule has 0 bridgehead atoms. The molecule has 0 spiro atoms. The Hall–Kier alpha value is -2.33. The van der Waals surface area contributed by atoms with E-state index in [0.717, 1.165) is 11.1 Å². The van der Waals surface area contributed by atoms with Crippen LogP contribution in [0.1, 0.15) is 35.3 Å². The van der Waals surface area contributed by atoms with Crippen LogP contribution in [0.25, 0.3) is 0 Å². The van der Waals surface area contributed by atoms with Crippen LogP contribution >= 0.6 is 11.6 Å². The number of carbonyl (C=O) groups excluding carboxylic acids is 2. The van der Waals surface area contributed by atoms with Crippen molar-refractivity contribution in [1.29, 1.82) is 0 Å². The Kier molecular flexibility index (Phi) is 6.21. The normalized spacial score (nSPS) is 11.9. The standard InChI is InChI=1S/C20H23ClN2O2/c1-12(2)18(23-19(24)16-7-5-6-8-17(16)21)20(25)22-15-10-9-13(3)14(4)11-15/h5-12,18H,1-4H3,(H,22,25)(H,23,24)/t18-/m0/s1. The Labute approximate surface area is 153 Å². The van der Waals surface area contributed by atoms with Crippen LogP contribution in [-0.2, 0) is 4.79 Å². The van der Waals surface area contributed by atoms with E-state index in [2.05, 4.69) is 10.6 Å². The van der Waals surface area contributed by atoms with Crippen molar-refractivity contribution in [3.8, 4) is 0 Å². The highest BCUT2D eigenvalue weighted by molar-refractivity contribution is 6.33. The molecule has 0 fully saturated rings. The van der Waals surface area contributed by atoms with Crippen molar-refractivity contribution >= 4 is 29.1 Å². The molecule has 2 aromatic carbocycles. The Morgan fingerprint density at radius 1 is 1.00 bits per heavy atom. The Bertz CT molecular complexity index is 787. The maximum atomic E-state index is 12.6. The Morgan fingerprint density at radius 3 is 2.28 bits per heavy atom. The van der Waals surface area contributed by atoms with Crippen molar-refractivity contribution < 1.29 is 9.59 Å². The third-order valence-electron chi connectivity index (χ3n) is 4.13. The molecule has 0 saturated carbocycles. The van der Waals surface area contributed by atoms with Crippen LogP contribution in [0.2, 0.25) is 5.02 Å². The first kappa shape index (κ1) is 19.0. The third-order valence-corrected chi connectivity index (χ3v) is 4.46. The lowest BCUT2D eigenvalue weighted by atomic mass is 10.0. The van der Waals surface area contributed by atoms with Gasteiger partial charge in [-0.05, 0) is 55.2 Å². The molecule has 0 aromatic heterocycles. The van der Waals surface area contributed by atoms with E-state index in [-0.39, 0.29) is 17.7 Å². The molecule has 2 rings (SSSR count). The van der Waals surface area contributed by atoms with Crippen LogP contribution < -0.4 is 10.6 Å². The predicted molar refractivity (Wildman–Crippen MR) is 102 cm³/mol. The molecule has 2 amide bonds. The average molecular weight is 359 g/mol. The molecule has 4 nitrogen and oxygen atoms in total. The van der Waals surface area contributed by atoms with Crippen molar-refractivity contribution in [2.45, 2.75) is 33.7 Å². The fourth-order valence-electron chi connectivity index (χ4n) is 2.44. The van der Waals surface area contributed by atoms with Gasteiger partial charge in [0, 0.05) is 5.69 Å². The number of nitrogens with one attached hydrogen (secondary N) is 2. The first-order chi connectivity index (χ1) is 11.8. The molecule has 5 heteroatoms. The molecule has 2 aromatic rings. The summed E-state index contributed by atoms with van der Waals surface area (Å²) in [7, 11) is 0. The number of hydrogen-bond donors (Lipinski definition) is 2. The van der Waals surface area contributed by atoms with Crippen molar-refractivity contribution in [2.24, 2.45) is 5.92 Å². The topological polar surface area (TPSA) is 58.2 Å². The zero-order valence-electron chi connectivity index (χ0n) is 14.9. The highest BCUT2D eigenvalue weighted by Crippen LogP contribution is 2.17. The molecular formula is C20H23ClN2O2. The van der Waals surface area contributed by atoms with Gasteiger partial charge in [-0.2, -0.15) is 0 Å². The van der Waals surface area contributed by atoms with Crippen molar-refractivity contribution in [3.05, 3.63) is 64.2 Å². The van der Waals surface area contributed by atoms with Crippen molar-refractivity contribution in [1.82, 2.24) is 5.32 Å². The minimum absolute atomic E-state index is 0.0713. The van der Waals surface area contributed by atoms with Crippen LogP contribution in [0.3, 0.4) is 0 Å². The molecule has 2 N–H and O–H groups in total. The second-order valence-electron chi connectivity index (χ2n) is 6.46. The maximum absolute atomic E-state index is 12.6. The van der Waals surface area contributed by atoms with Gasteiger partial charge < -0.3 is 10.6 Å². The van der Waals surface area contributed by atoms with Gasteiger partial charge in [0.15, 0.2) is 0 Å². The zero-order chi connectivity index (χ0) is 18.6.